The van der Waals surface area contributed by atoms with Gasteiger partial charge in [0.2, 0.25) is 0 Å². The minimum Gasteiger partial charge on any atom is -0.234 e. The number of hydrogen-bond donors (Lipinski definition) is 0. The average Bonchev–Trinajstić information content (AvgIpc) is 2.09. The van der Waals surface area contributed by atoms with Crippen LogP contribution in [0.25, 0.3) is 0 Å². The van der Waals surface area contributed by atoms with Crippen molar-refractivity contribution in [1.29, 1.82) is 5.26 Å². The van der Waals surface area contributed by atoms with E-state index in [1.807, 2.05) is 0 Å². The lowest BCUT2D eigenvalue weighted by Gasteiger charge is -2.03. The van der Waals surface area contributed by atoms with Crippen LogP contribution < -0.4 is 0 Å². The number of pyridine rings is 1. The maximum absolute atomic E-state index is 12.3. The van der Waals surface area contributed by atoms with Crippen LogP contribution in [0, 0.1) is 14.9 Å². The van der Waals surface area contributed by atoms with E-state index in [-0.39, 0.29) is 10.7 Å². The number of hydrogen-bond acceptors (Lipinski definition) is 2. The first kappa shape index (κ1) is 10.6. The third-order valence-corrected chi connectivity index (χ3v) is 2.83. The van der Waals surface area contributed by atoms with Crippen molar-refractivity contribution in [2.45, 2.75) is 6.43 Å². The summed E-state index contributed by atoms with van der Waals surface area (Å²) in [7, 11) is 0. The van der Waals surface area contributed by atoms with E-state index >= 15 is 0 Å². The highest BCUT2D eigenvalue weighted by Gasteiger charge is 2.17. The third kappa shape index (κ3) is 2.25. The second kappa shape index (κ2) is 4.15. The van der Waals surface area contributed by atoms with Gasteiger partial charge < -0.3 is 0 Å². The van der Waals surface area contributed by atoms with Crippen LogP contribution in [0.5, 0.6) is 0 Å². The van der Waals surface area contributed by atoms with Crippen LogP contribution in [-0.2, 0) is 0 Å². The lowest BCUT2D eigenvalue weighted by atomic mass is 10.3. The topological polar surface area (TPSA) is 36.7 Å². The number of rotatable bonds is 1. The van der Waals surface area contributed by atoms with Gasteiger partial charge in [0.05, 0.1) is 5.02 Å². The second-order valence-electron chi connectivity index (χ2n) is 2.10. The summed E-state index contributed by atoms with van der Waals surface area (Å²) in [5.74, 6) is 0. The summed E-state index contributed by atoms with van der Waals surface area (Å²) in [5, 5.41) is 8.37. The van der Waals surface area contributed by atoms with E-state index in [1.54, 1.807) is 28.7 Å². The molecule has 0 spiro atoms. The highest BCUT2D eigenvalue weighted by Crippen LogP contribution is 2.29. The van der Waals surface area contributed by atoms with Gasteiger partial charge in [-0.2, -0.15) is 5.26 Å². The molecule has 0 atom stereocenters. The number of nitrogens with zero attached hydrogens (tertiary/aromatic N) is 2. The Hall–Kier alpha value is -0.480. The van der Waals surface area contributed by atoms with Crippen molar-refractivity contribution in [3.63, 3.8) is 0 Å². The molecule has 6 heteroatoms. The van der Waals surface area contributed by atoms with Gasteiger partial charge in [-0.3, -0.25) is 0 Å². The minimum absolute atomic E-state index is 0.0518. The molecule has 0 unspecified atom stereocenters. The molecular formula is C7H2ClF2IN2. The van der Waals surface area contributed by atoms with Crippen molar-refractivity contribution in [1.82, 2.24) is 4.98 Å². The Kier molecular flexibility index (Phi) is 3.39. The molecule has 0 aliphatic heterocycles. The van der Waals surface area contributed by atoms with Crippen LogP contribution in [0.4, 0.5) is 8.78 Å². The van der Waals surface area contributed by atoms with E-state index in [0.29, 0.717) is 3.57 Å². The number of nitriles is 1. The third-order valence-electron chi connectivity index (χ3n) is 1.26. The van der Waals surface area contributed by atoms with Gasteiger partial charge in [-0.05, 0) is 28.7 Å². The summed E-state index contributed by atoms with van der Waals surface area (Å²) in [6, 6.07) is 3.04. The molecule has 0 radical (unpaired) electrons. The summed E-state index contributed by atoms with van der Waals surface area (Å²) < 4.78 is 24.9. The predicted molar refractivity (Wildman–Crippen MR) is 51.6 cm³/mol. The molecule has 1 heterocycles. The van der Waals surface area contributed by atoms with Gasteiger partial charge in [-0.15, -0.1) is 0 Å². The van der Waals surface area contributed by atoms with Crippen molar-refractivity contribution in [2.75, 3.05) is 0 Å². The Labute approximate surface area is 91.7 Å². The van der Waals surface area contributed by atoms with Crippen LogP contribution in [0.3, 0.4) is 0 Å². The van der Waals surface area contributed by atoms with Gasteiger partial charge in [0.25, 0.3) is 6.43 Å². The van der Waals surface area contributed by atoms with E-state index < -0.39 is 12.1 Å². The highest BCUT2D eigenvalue weighted by atomic mass is 127. The second-order valence-corrected chi connectivity index (χ2v) is 3.64. The normalized spacial score (nSPS) is 10.2. The molecule has 68 valence electrons. The fraction of sp³-hybridized carbons (Fsp3) is 0.143. The molecule has 0 amide bonds. The lowest BCUT2D eigenvalue weighted by molar-refractivity contribution is 0.146. The fourth-order valence-corrected chi connectivity index (χ4v) is 1.47. The molecule has 0 aliphatic rings. The molecule has 0 bridgehead atoms. The molecule has 0 saturated heterocycles. The number of alkyl halides is 2. The van der Waals surface area contributed by atoms with Gasteiger partial charge in [0.15, 0.2) is 0 Å². The first-order valence-electron chi connectivity index (χ1n) is 3.10. The maximum atomic E-state index is 12.3. The Morgan fingerprint density at radius 1 is 1.62 bits per heavy atom. The zero-order valence-electron chi connectivity index (χ0n) is 6.06. The Morgan fingerprint density at radius 2 is 2.23 bits per heavy atom. The molecule has 0 fully saturated rings. The Bertz CT molecular complexity index is 375. The van der Waals surface area contributed by atoms with Crippen molar-refractivity contribution in [3.05, 3.63) is 26.0 Å². The molecule has 0 N–H and O–H groups in total. The van der Waals surface area contributed by atoms with Crippen LogP contribution in [0.1, 0.15) is 17.8 Å². The largest absolute Gasteiger partial charge is 0.281 e. The summed E-state index contributed by atoms with van der Waals surface area (Å²) in [4.78, 5) is 3.40. The van der Waals surface area contributed by atoms with Gasteiger partial charge in [0, 0.05) is 3.57 Å². The molecule has 2 nitrogen and oxygen atoms in total. The maximum Gasteiger partial charge on any atom is 0.281 e. The molecule has 1 aromatic rings. The van der Waals surface area contributed by atoms with E-state index in [0.717, 1.165) is 0 Å². The van der Waals surface area contributed by atoms with E-state index in [4.69, 9.17) is 16.9 Å². The highest BCUT2D eigenvalue weighted by molar-refractivity contribution is 14.1. The van der Waals surface area contributed by atoms with Gasteiger partial charge in [0.1, 0.15) is 17.5 Å². The minimum atomic E-state index is -2.76. The Morgan fingerprint density at radius 3 is 2.69 bits per heavy atom. The van der Waals surface area contributed by atoms with E-state index in [1.165, 1.54) is 6.07 Å². The van der Waals surface area contributed by atoms with Crippen LogP contribution in [0.2, 0.25) is 5.02 Å². The molecular weight excluding hydrogens is 312 g/mol. The standard InChI is InChI=1S/C7H2ClF2IN2/c8-5-4(11)1-3(2-12)13-6(5)7(9)10/h1,7H. The van der Waals surface area contributed by atoms with Gasteiger partial charge >= 0.3 is 0 Å². The lowest BCUT2D eigenvalue weighted by Crippen LogP contribution is -1.96. The summed E-state index contributed by atoms with van der Waals surface area (Å²) in [6.45, 7) is 0. The zero-order valence-corrected chi connectivity index (χ0v) is 8.97. The first-order valence-corrected chi connectivity index (χ1v) is 4.56. The summed E-state index contributed by atoms with van der Waals surface area (Å²) in [6.07, 6.45) is -2.76. The van der Waals surface area contributed by atoms with Crippen molar-refractivity contribution in [2.24, 2.45) is 0 Å². The molecule has 0 saturated carbocycles. The van der Waals surface area contributed by atoms with Gasteiger partial charge in [-0.25, -0.2) is 13.8 Å². The molecule has 1 rings (SSSR count). The molecule has 0 aromatic carbocycles. The number of aromatic nitrogens is 1. The molecule has 0 aliphatic carbocycles. The fourth-order valence-electron chi connectivity index (χ4n) is 0.719. The van der Waals surface area contributed by atoms with Crippen LogP contribution in [0.15, 0.2) is 6.07 Å². The quantitative estimate of drug-likeness (QED) is 0.747. The molecule has 1 aromatic heterocycles. The van der Waals surface area contributed by atoms with Crippen LogP contribution >= 0.6 is 34.2 Å². The zero-order chi connectivity index (χ0) is 10.0. The first-order chi connectivity index (χ1) is 6.06. The van der Waals surface area contributed by atoms with Crippen molar-refractivity contribution in [3.8, 4) is 6.07 Å². The molecule has 13 heavy (non-hydrogen) atoms. The summed E-state index contributed by atoms with van der Waals surface area (Å²) >= 11 is 7.33. The predicted octanol–water partition coefficient (Wildman–Crippen LogP) is 3.15. The average molecular weight is 314 g/mol. The van der Waals surface area contributed by atoms with E-state index in [2.05, 4.69) is 4.98 Å². The van der Waals surface area contributed by atoms with Gasteiger partial charge in [-0.1, -0.05) is 11.6 Å². The summed E-state index contributed by atoms with van der Waals surface area (Å²) in [5.41, 5.74) is -0.589. The smallest absolute Gasteiger partial charge is 0.234 e. The van der Waals surface area contributed by atoms with Crippen molar-refractivity contribution >= 4 is 34.2 Å². The van der Waals surface area contributed by atoms with Crippen LogP contribution in [-0.4, -0.2) is 4.98 Å². The van der Waals surface area contributed by atoms with Crippen molar-refractivity contribution < 1.29 is 8.78 Å². The SMILES string of the molecule is N#Cc1cc(I)c(Cl)c(C(F)F)n1. The number of halogens is 4. The van der Waals surface area contributed by atoms with E-state index in [9.17, 15) is 8.78 Å². The monoisotopic (exact) mass is 314 g/mol. The Balaban J connectivity index is 3.35.